The lowest BCUT2D eigenvalue weighted by Crippen LogP contribution is -2.11. The first-order chi connectivity index (χ1) is 8.65. The molecule has 92 valence electrons. The highest BCUT2D eigenvalue weighted by atomic mass is 127. The first-order valence-electron chi connectivity index (χ1n) is 5.36. The Labute approximate surface area is 119 Å². The minimum absolute atomic E-state index is 0.00906. The van der Waals surface area contributed by atoms with Crippen molar-refractivity contribution in [1.82, 2.24) is 0 Å². The van der Waals surface area contributed by atoms with Gasteiger partial charge in [-0.3, -0.25) is 4.79 Å². The molecule has 0 amide bonds. The number of phenols is 1. The minimum Gasteiger partial charge on any atom is -0.508 e. The van der Waals surface area contributed by atoms with Gasteiger partial charge in [0.15, 0.2) is 12.4 Å². The summed E-state index contributed by atoms with van der Waals surface area (Å²) in [6, 6.07) is 13.6. The fourth-order valence-electron chi connectivity index (χ4n) is 1.44. The summed E-state index contributed by atoms with van der Waals surface area (Å²) in [6.45, 7) is -0.00906. The van der Waals surface area contributed by atoms with E-state index in [1.165, 1.54) is 12.1 Å². The number of rotatable bonds is 4. The second kappa shape index (κ2) is 5.86. The van der Waals surface area contributed by atoms with Crippen molar-refractivity contribution in [3.05, 3.63) is 57.7 Å². The molecule has 0 aliphatic heterocycles. The third kappa shape index (κ3) is 3.46. The number of aromatic hydroxyl groups is 1. The minimum atomic E-state index is -0.117. The number of carbonyl (C=O) groups excluding carboxylic acids is 1. The summed E-state index contributed by atoms with van der Waals surface area (Å²) in [7, 11) is 0. The van der Waals surface area contributed by atoms with E-state index in [1.807, 2.05) is 24.3 Å². The molecule has 3 nitrogen and oxygen atoms in total. The number of Topliss-reactive ketones (excluding diaryl/α,β-unsaturated/α-hetero) is 1. The predicted octanol–water partition coefficient (Wildman–Crippen LogP) is 3.26. The van der Waals surface area contributed by atoms with Crippen LogP contribution in [-0.2, 0) is 0 Å². The van der Waals surface area contributed by atoms with Gasteiger partial charge in [-0.25, -0.2) is 0 Å². The van der Waals surface area contributed by atoms with Crippen molar-refractivity contribution in [3.8, 4) is 11.5 Å². The van der Waals surface area contributed by atoms with Crippen molar-refractivity contribution in [2.24, 2.45) is 0 Å². The van der Waals surface area contributed by atoms with Gasteiger partial charge < -0.3 is 9.84 Å². The summed E-state index contributed by atoms with van der Waals surface area (Å²) in [4.78, 5) is 11.8. The first kappa shape index (κ1) is 12.9. The lowest BCUT2D eigenvalue weighted by molar-refractivity contribution is 0.0921. The molecule has 0 spiro atoms. The second-order valence-corrected chi connectivity index (χ2v) is 4.96. The molecule has 2 rings (SSSR count). The van der Waals surface area contributed by atoms with Crippen LogP contribution in [0.2, 0.25) is 0 Å². The maximum absolute atomic E-state index is 11.8. The molecule has 0 bridgehead atoms. The number of halogens is 1. The predicted molar refractivity (Wildman–Crippen MR) is 77.1 cm³/mol. The molecule has 0 unspecified atom stereocenters. The molecular weight excluding hydrogens is 343 g/mol. The molecule has 0 radical (unpaired) electrons. The summed E-state index contributed by atoms with van der Waals surface area (Å²) in [5.41, 5.74) is 0.526. The van der Waals surface area contributed by atoms with E-state index in [0.717, 1.165) is 3.57 Å². The van der Waals surface area contributed by atoms with Gasteiger partial charge in [0.25, 0.3) is 0 Å². The molecule has 0 saturated heterocycles. The molecule has 0 fully saturated rings. The van der Waals surface area contributed by atoms with Gasteiger partial charge in [-0.2, -0.15) is 0 Å². The molecule has 1 N–H and O–H groups in total. The molecule has 0 heterocycles. The number of ketones is 1. The Morgan fingerprint density at radius 1 is 1.17 bits per heavy atom. The van der Waals surface area contributed by atoms with Crippen LogP contribution in [0.5, 0.6) is 11.5 Å². The third-order valence-electron chi connectivity index (χ3n) is 2.36. The van der Waals surface area contributed by atoms with Crippen molar-refractivity contribution in [3.63, 3.8) is 0 Å². The van der Waals surface area contributed by atoms with E-state index in [4.69, 9.17) is 9.84 Å². The van der Waals surface area contributed by atoms with Gasteiger partial charge in [0.2, 0.25) is 0 Å². The Hall–Kier alpha value is -1.56. The van der Waals surface area contributed by atoms with E-state index in [2.05, 4.69) is 22.6 Å². The molecule has 0 saturated carbocycles. The third-order valence-corrected chi connectivity index (χ3v) is 3.03. The quantitative estimate of drug-likeness (QED) is 0.677. The Bertz CT molecular complexity index is 549. The van der Waals surface area contributed by atoms with E-state index in [9.17, 15) is 4.79 Å². The molecule has 2 aromatic rings. The maximum Gasteiger partial charge on any atom is 0.200 e. The van der Waals surface area contributed by atoms with E-state index in [-0.39, 0.29) is 18.1 Å². The standard InChI is InChI=1S/C14H11IO3/c15-11-2-1-3-13(8-11)18-9-14(17)10-4-6-12(16)7-5-10/h1-8,16H,9H2. The Morgan fingerprint density at radius 3 is 2.56 bits per heavy atom. The van der Waals surface area contributed by atoms with E-state index in [0.29, 0.717) is 11.3 Å². The lowest BCUT2D eigenvalue weighted by Gasteiger charge is -2.06. The van der Waals surface area contributed by atoms with Crippen molar-refractivity contribution >= 4 is 28.4 Å². The summed E-state index contributed by atoms with van der Waals surface area (Å²) in [5.74, 6) is 0.702. The average Bonchev–Trinajstić information content (AvgIpc) is 2.37. The van der Waals surface area contributed by atoms with E-state index >= 15 is 0 Å². The maximum atomic E-state index is 11.8. The molecule has 0 aliphatic carbocycles. The summed E-state index contributed by atoms with van der Waals surface area (Å²) < 4.78 is 6.47. The normalized spacial score (nSPS) is 10.1. The SMILES string of the molecule is O=C(COc1cccc(I)c1)c1ccc(O)cc1. The van der Waals surface area contributed by atoms with Gasteiger partial charge in [-0.1, -0.05) is 6.07 Å². The molecule has 0 aromatic heterocycles. The van der Waals surface area contributed by atoms with Crippen molar-refractivity contribution in [1.29, 1.82) is 0 Å². The Kier molecular flexibility index (Phi) is 4.19. The van der Waals surface area contributed by atoms with Crippen LogP contribution in [0.15, 0.2) is 48.5 Å². The Morgan fingerprint density at radius 2 is 1.89 bits per heavy atom. The van der Waals surface area contributed by atoms with Gasteiger partial charge in [0, 0.05) is 9.13 Å². The zero-order chi connectivity index (χ0) is 13.0. The number of phenolic OH excluding ortho intramolecular Hbond substituents is 1. The average molecular weight is 354 g/mol. The molecule has 18 heavy (non-hydrogen) atoms. The highest BCUT2D eigenvalue weighted by Gasteiger charge is 2.06. The summed E-state index contributed by atoms with van der Waals surface area (Å²) in [6.07, 6.45) is 0. The monoisotopic (exact) mass is 354 g/mol. The lowest BCUT2D eigenvalue weighted by atomic mass is 10.1. The molecule has 4 heteroatoms. The Balaban J connectivity index is 1.98. The highest BCUT2D eigenvalue weighted by molar-refractivity contribution is 14.1. The fraction of sp³-hybridized carbons (Fsp3) is 0.0714. The zero-order valence-electron chi connectivity index (χ0n) is 9.47. The number of carbonyl (C=O) groups is 1. The van der Waals surface area contributed by atoms with Crippen LogP contribution in [0.25, 0.3) is 0 Å². The first-order valence-corrected chi connectivity index (χ1v) is 6.43. The van der Waals surface area contributed by atoms with Gasteiger partial charge in [0.1, 0.15) is 11.5 Å². The van der Waals surface area contributed by atoms with Crippen LogP contribution in [-0.4, -0.2) is 17.5 Å². The molecule has 0 atom stereocenters. The summed E-state index contributed by atoms with van der Waals surface area (Å²) >= 11 is 2.18. The molecule has 0 aliphatic rings. The molecular formula is C14H11IO3. The van der Waals surface area contributed by atoms with Gasteiger partial charge >= 0.3 is 0 Å². The van der Waals surface area contributed by atoms with Gasteiger partial charge in [-0.15, -0.1) is 0 Å². The molecule has 2 aromatic carbocycles. The van der Waals surface area contributed by atoms with Crippen LogP contribution < -0.4 is 4.74 Å². The van der Waals surface area contributed by atoms with Crippen molar-refractivity contribution in [2.75, 3.05) is 6.61 Å². The second-order valence-electron chi connectivity index (χ2n) is 3.72. The van der Waals surface area contributed by atoms with Crippen LogP contribution >= 0.6 is 22.6 Å². The smallest absolute Gasteiger partial charge is 0.200 e. The van der Waals surface area contributed by atoms with Crippen LogP contribution in [0.4, 0.5) is 0 Å². The van der Waals surface area contributed by atoms with Crippen molar-refractivity contribution < 1.29 is 14.6 Å². The highest BCUT2D eigenvalue weighted by Crippen LogP contribution is 2.15. The van der Waals surface area contributed by atoms with Crippen LogP contribution in [0.1, 0.15) is 10.4 Å². The topological polar surface area (TPSA) is 46.5 Å². The van der Waals surface area contributed by atoms with Crippen LogP contribution in [0.3, 0.4) is 0 Å². The number of ether oxygens (including phenoxy) is 1. The largest absolute Gasteiger partial charge is 0.508 e. The van der Waals surface area contributed by atoms with Crippen LogP contribution in [0, 0.1) is 3.57 Å². The number of hydrogen-bond acceptors (Lipinski definition) is 3. The van der Waals surface area contributed by atoms with E-state index < -0.39 is 0 Å². The number of hydrogen-bond donors (Lipinski definition) is 1. The summed E-state index contributed by atoms with van der Waals surface area (Å²) in [5, 5.41) is 9.13. The van der Waals surface area contributed by atoms with Gasteiger partial charge in [-0.05, 0) is 65.1 Å². The number of benzene rings is 2. The van der Waals surface area contributed by atoms with E-state index in [1.54, 1.807) is 12.1 Å². The fourth-order valence-corrected chi connectivity index (χ4v) is 1.95. The van der Waals surface area contributed by atoms with Gasteiger partial charge in [0.05, 0.1) is 0 Å². The zero-order valence-corrected chi connectivity index (χ0v) is 11.6. The van der Waals surface area contributed by atoms with Crippen molar-refractivity contribution in [2.45, 2.75) is 0 Å².